The maximum atomic E-state index is 14.9. The van der Waals surface area contributed by atoms with Crippen LogP contribution < -0.4 is 5.32 Å². The minimum absolute atomic E-state index is 0.0520. The molecule has 192 valence electrons. The van der Waals surface area contributed by atoms with Crippen molar-refractivity contribution in [2.24, 2.45) is 0 Å². The van der Waals surface area contributed by atoms with Crippen LogP contribution in [-0.2, 0) is 11.3 Å². The zero-order valence-corrected chi connectivity index (χ0v) is 20.0. The number of benzene rings is 1. The molecule has 1 fully saturated rings. The highest BCUT2D eigenvalue weighted by molar-refractivity contribution is 6.07. The third-order valence-corrected chi connectivity index (χ3v) is 5.82. The molecule has 0 unspecified atom stereocenters. The zero-order valence-electron chi connectivity index (χ0n) is 20.0. The number of alkyl halides is 1. The Balaban J connectivity index is 1.56. The van der Waals surface area contributed by atoms with Gasteiger partial charge in [0.2, 0.25) is 5.95 Å². The van der Waals surface area contributed by atoms with Crippen LogP contribution in [0.25, 0.3) is 10.9 Å². The van der Waals surface area contributed by atoms with E-state index in [0.29, 0.717) is 5.56 Å². The fraction of sp³-hybridized carbons (Fsp3) is 0.400. The topological polar surface area (TPSA) is 76.5 Å². The van der Waals surface area contributed by atoms with Gasteiger partial charge in [0.25, 0.3) is 5.91 Å². The number of ether oxygens (including phenoxy) is 1. The molecule has 1 aromatic carbocycles. The lowest BCUT2D eigenvalue weighted by molar-refractivity contribution is 0.00972. The minimum atomic E-state index is -1.59. The van der Waals surface area contributed by atoms with Crippen LogP contribution in [0.5, 0.6) is 0 Å². The van der Waals surface area contributed by atoms with Gasteiger partial charge in [-0.15, -0.1) is 0 Å². The van der Waals surface area contributed by atoms with Crippen molar-refractivity contribution < 1.29 is 31.9 Å². The van der Waals surface area contributed by atoms with Crippen LogP contribution in [-0.4, -0.2) is 57.4 Å². The van der Waals surface area contributed by atoms with Crippen LogP contribution in [0.2, 0.25) is 0 Å². The zero-order chi connectivity index (χ0) is 26.2. The minimum Gasteiger partial charge on any atom is -0.444 e. The first kappa shape index (κ1) is 25.5. The lowest BCUT2D eigenvalue weighted by atomic mass is 10.0. The first-order valence-corrected chi connectivity index (χ1v) is 11.4. The Bertz CT molecular complexity index is 1300. The molecule has 0 bridgehead atoms. The Kier molecular flexibility index (Phi) is 6.92. The van der Waals surface area contributed by atoms with E-state index in [1.54, 1.807) is 20.8 Å². The summed E-state index contributed by atoms with van der Waals surface area (Å²) in [7, 11) is 0. The highest BCUT2D eigenvalue weighted by atomic mass is 19.1. The first-order chi connectivity index (χ1) is 16.9. The maximum Gasteiger partial charge on any atom is 0.410 e. The number of rotatable bonds is 4. The van der Waals surface area contributed by atoms with Gasteiger partial charge in [0.05, 0.1) is 29.1 Å². The number of fused-ring (bicyclic) bond motifs is 1. The highest BCUT2D eigenvalue weighted by Gasteiger charge is 2.35. The standard InChI is InChI=1S/C25H26F4N4O3/c1-25(2,3)36-24(35)32-9-7-19(18(28)13-32)31-23(34)15-12-33(11-14-6-8-30-20(29)10-14)22-17(27)5-4-16(26)21(15)22/h4-6,8,10,12,18-19H,7,9,11,13H2,1-3H3,(H,31,34)/t18-,19-/m1/s1. The summed E-state index contributed by atoms with van der Waals surface area (Å²) < 4.78 is 64.5. The highest BCUT2D eigenvalue weighted by Crippen LogP contribution is 2.28. The van der Waals surface area contributed by atoms with Crippen LogP contribution in [0, 0.1) is 17.6 Å². The van der Waals surface area contributed by atoms with Crippen molar-refractivity contribution in [2.75, 3.05) is 13.1 Å². The van der Waals surface area contributed by atoms with E-state index in [4.69, 9.17) is 4.74 Å². The third kappa shape index (κ3) is 5.44. The van der Waals surface area contributed by atoms with E-state index in [2.05, 4.69) is 10.3 Å². The van der Waals surface area contributed by atoms with Gasteiger partial charge >= 0.3 is 6.09 Å². The third-order valence-electron chi connectivity index (χ3n) is 5.82. The molecular weight excluding hydrogens is 480 g/mol. The summed E-state index contributed by atoms with van der Waals surface area (Å²) in [5.74, 6) is -3.12. The maximum absolute atomic E-state index is 14.9. The Hall–Kier alpha value is -3.63. The van der Waals surface area contributed by atoms with E-state index < -0.39 is 47.4 Å². The van der Waals surface area contributed by atoms with Gasteiger partial charge in [0.15, 0.2) is 0 Å². The quantitative estimate of drug-likeness (QED) is 0.415. The van der Waals surface area contributed by atoms with Gasteiger partial charge in [-0.25, -0.2) is 22.9 Å². The predicted octanol–water partition coefficient (Wildman–Crippen LogP) is 4.58. The number of aromatic nitrogens is 2. The molecule has 1 saturated heterocycles. The molecule has 0 spiro atoms. The predicted molar refractivity (Wildman–Crippen MR) is 124 cm³/mol. The molecule has 0 radical (unpaired) electrons. The van der Waals surface area contributed by atoms with E-state index in [9.17, 15) is 27.2 Å². The van der Waals surface area contributed by atoms with Gasteiger partial charge in [-0.05, 0) is 57.0 Å². The normalized spacial score (nSPS) is 18.4. The summed E-state index contributed by atoms with van der Waals surface area (Å²) in [6.07, 6.45) is 0.366. The number of amides is 2. The van der Waals surface area contributed by atoms with Crippen molar-refractivity contribution in [1.29, 1.82) is 0 Å². The summed E-state index contributed by atoms with van der Waals surface area (Å²) in [4.78, 5) is 30.0. The van der Waals surface area contributed by atoms with Crippen molar-refractivity contribution >= 4 is 22.9 Å². The number of nitrogens with one attached hydrogen (secondary N) is 1. The molecule has 3 heterocycles. The average Bonchev–Trinajstić information content (AvgIpc) is 3.17. The summed E-state index contributed by atoms with van der Waals surface area (Å²) >= 11 is 0. The SMILES string of the molecule is CC(C)(C)OC(=O)N1CC[C@@H](NC(=O)c2cn(Cc3ccnc(F)c3)c3c(F)ccc(F)c23)[C@H](F)C1. The molecule has 2 aromatic heterocycles. The lowest BCUT2D eigenvalue weighted by Gasteiger charge is -2.35. The van der Waals surface area contributed by atoms with Crippen LogP contribution >= 0.6 is 0 Å². The van der Waals surface area contributed by atoms with Gasteiger partial charge < -0.3 is 19.5 Å². The molecule has 3 aromatic rings. The fourth-order valence-corrected chi connectivity index (χ4v) is 4.20. The summed E-state index contributed by atoms with van der Waals surface area (Å²) in [6, 6.07) is 3.56. The number of piperidine rings is 1. The Labute approximate surface area is 205 Å². The van der Waals surface area contributed by atoms with Crippen LogP contribution in [0.4, 0.5) is 22.4 Å². The Morgan fingerprint density at radius 2 is 1.89 bits per heavy atom. The van der Waals surface area contributed by atoms with Crippen molar-refractivity contribution in [3.8, 4) is 0 Å². The van der Waals surface area contributed by atoms with E-state index >= 15 is 0 Å². The molecule has 1 aliphatic rings. The molecule has 7 nitrogen and oxygen atoms in total. The van der Waals surface area contributed by atoms with Crippen molar-refractivity contribution in [1.82, 2.24) is 19.8 Å². The van der Waals surface area contributed by atoms with E-state index in [1.807, 2.05) is 0 Å². The molecular formula is C25H26F4N4O3. The number of hydrogen-bond donors (Lipinski definition) is 1. The largest absolute Gasteiger partial charge is 0.444 e. The van der Waals surface area contributed by atoms with E-state index in [1.165, 1.54) is 27.9 Å². The fourth-order valence-electron chi connectivity index (χ4n) is 4.20. The second-order valence-corrected chi connectivity index (χ2v) is 9.72. The molecule has 4 rings (SSSR count). The Morgan fingerprint density at radius 1 is 1.17 bits per heavy atom. The molecule has 2 atom stereocenters. The van der Waals surface area contributed by atoms with Gasteiger partial charge in [0, 0.05) is 25.5 Å². The van der Waals surface area contributed by atoms with Crippen molar-refractivity contribution in [3.63, 3.8) is 0 Å². The van der Waals surface area contributed by atoms with E-state index in [-0.39, 0.29) is 42.5 Å². The number of hydrogen-bond acceptors (Lipinski definition) is 4. The second kappa shape index (κ2) is 9.79. The summed E-state index contributed by atoms with van der Waals surface area (Å²) in [5, 5.41) is 2.29. The van der Waals surface area contributed by atoms with Crippen LogP contribution in [0.3, 0.4) is 0 Å². The van der Waals surface area contributed by atoms with Crippen LogP contribution in [0.15, 0.2) is 36.7 Å². The molecule has 0 aliphatic carbocycles. The number of carbonyl (C=O) groups is 2. The Morgan fingerprint density at radius 3 is 2.56 bits per heavy atom. The van der Waals surface area contributed by atoms with Gasteiger partial charge in [-0.2, -0.15) is 4.39 Å². The number of nitrogens with zero attached hydrogens (tertiary/aromatic N) is 3. The van der Waals surface area contributed by atoms with Gasteiger partial charge in [-0.1, -0.05) is 0 Å². The van der Waals surface area contributed by atoms with Crippen molar-refractivity contribution in [3.05, 3.63) is 65.4 Å². The smallest absolute Gasteiger partial charge is 0.410 e. The molecule has 1 aliphatic heterocycles. The average molecular weight is 507 g/mol. The number of halogens is 4. The second-order valence-electron chi connectivity index (χ2n) is 9.72. The summed E-state index contributed by atoms with van der Waals surface area (Å²) in [6.45, 7) is 4.93. The van der Waals surface area contributed by atoms with Gasteiger partial charge in [0.1, 0.15) is 23.4 Å². The van der Waals surface area contributed by atoms with Gasteiger partial charge in [-0.3, -0.25) is 4.79 Å². The number of likely N-dealkylation sites (tertiary alicyclic amines) is 1. The molecule has 1 N–H and O–H groups in total. The monoisotopic (exact) mass is 506 g/mol. The van der Waals surface area contributed by atoms with Crippen LogP contribution in [0.1, 0.15) is 43.1 Å². The molecule has 36 heavy (non-hydrogen) atoms. The first-order valence-electron chi connectivity index (χ1n) is 11.4. The summed E-state index contributed by atoms with van der Waals surface area (Å²) in [5.41, 5.74) is -0.663. The number of pyridine rings is 1. The van der Waals surface area contributed by atoms with E-state index in [0.717, 1.165) is 18.2 Å². The van der Waals surface area contributed by atoms with Crippen molar-refractivity contribution in [2.45, 2.75) is 51.6 Å². The molecule has 11 heteroatoms. The molecule has 0 saturated carbocycles. The molecule has 2 amide bonds. The number of carbonyl (C=O) groups excluding carboxylic acids is 2. The lowest BCUT2D eigenvalue weighted by Crippen LogP contribution is -2.54.